The second kappa shape index (κ2) is 6.47. The van der Waals surface area contributed by atoms with Crippen LogP contribution >= 0.6 is 22.7 Å². The van der Waals surface area contributed by atoms with Crippen LogP contribution in [0, 0.1) is 0 Å². The molecule has 2 aromatic heterocycles. The first-order valence-electron chi connectivity index (χ1n) is 7.83. The zero-order valence-electron chi connectivity index (χ0n) is 13.6. The van der Waals surface area contributed by atoms with Gasteiger partial charge in [0, 0.05) is 5.38 Å². The first kappa shape index (κ1) is 16.6. The number of hydrogen-bond donors (Lipinski definition) is 1. The Hall–Kier alpha value is -2.84. The lowest BCUT2D eigenvalue weighted by atomic mass is 10.1. The summed E-state index contributed by atoms with van der Waals surface area (Å²) in [5.74, 6) is -1.36. The Balaban J connectivity index is 1.51. The zero-order chi connectivity index (χ0) is 18.3. The molecule has 1 aromatic carbocycles. The number of rotatable bonds is 4. The summed E-state index contributed by atoms with van der Waals surface area (Å²) in [7, 11) is 0. The van der Waals surface area contributed by atoms with Crippen LogP contribution in [0.5, 0.6) is 0 Å². The lowest BCUT2D eigenvalue weighted by molar-refractivity contribution is -0.119. The van der Waals surface area contributed by atoms with E-state index in [2.05, 4.69) is 10.3 Å². The minimum Gasteiger partial charge on any atom is -0.300 e. The van der Waals surface area contributed by atoms with Gasteiger partial charge in [0.2, 0.25) is 5.91 Å². The minimum absolute atomic E-state index is 0.325. The fourth-order valence-corrected chi connectivity index (χ4v) is 4.23. The predicted molar refractivity (Wildman–Crippen MR) is 100 cm³/mol. The number of carbonyl (C=O) groups excluding carboxylic acids is 3. The van der Waals surface area contributed by atoms with E-state index in [-0.39, 0.29) is 0 Å². The van der Waals surface area contributed by atoms with Gasteiger partial charge in [0.1, 0.15) is 6.04 Å². The molecule has 0 fully saturated rings. The Morgan fingerprint density at radius 3 is 2.38 bits per heavy atom. The van der Waals surface area contributed by atoms with Crippen LogP contribution in [0.15, 0.2) is 47.2 Å². The highest BCUT2D eigenvalue weighted by Gasteiger charge is 2.40. The maximum absolute atomic E-state index is 12.5. The Bertz CT molecular complexity index is 975. The molecule has 3 aromatic rings. The number of nitrogens with zero attached hydrogens (tertiary/aromatic N) is 2. The van der Waals surface area contributed by atoms with E-state index in [1.807, 2.05) is 22.9 Å². The molecule has 0 radical (unpaired) electrons. The number of thiophene rings is 1. The van der Waals surface area contributed by atoms with Crippen LogP contribution < -0.4 is 5.32 Å². The summed E-state index contributed by atoms with van der Waals surface area (Å²) in [4.78, 5) is 43.9. The van der Waals surface area contributed by atoms with Crippen molar-refractivity contribution in [1.82, 2.24) is 9.88 Å². The largest absolute Gasteiger partial charge is 0.300 e. The second-order valence-corrected chi connectivity index (χ2v) is 7.51. The number of nitrogens with one attached hydrogen (secondary N) is 1. The Morgan fingerprint density at radius 2 is 1.77 bits per heavy atom. The van der Waals surface area contributed by atoms with Crippen LogP contribution in [0.3, 0.4) is 0 Å². The van der Waals surface area contributed by atoms with Crippen molar-refractivity contribution in [2.45, 2.75) is 13.0 Å². The smallest absolute Gasteiger partial charge is 0.262 e. The van der Waals surface area contributed by atoms with Gasteiger partial charge in [0.15, 0.2) is 5.13 Å². The highest BCUT2D eigenvalue weighted by molar-refractivity contribution is 7.16. The van der Waals surface area contributed by atoms with E-state index >= 15 is 0 Å². The van der Waals surface area contributed by atoms with Crippen LogP contribution in [0.2, 0.25) is 0 Å². The van der Waals surface area contributed by atoms with Crippen LogP contribution in [-0.4, -0.2) is 33.6 Å². The molecule has 0 unspecified atom stereocenters. The van der Waals surface area contributed by atoms with E-state index in [4.69, 9.17) is 0 Å². The molecule has 8 heteroatoms. The molecule has 1 N–H and O–H groups in total. The van der Waals surface area contributed by atoms with Gasteiger partial charge in [-0.2, -0.15) is 0 Å². The molecule has 1 aliphatic heterocycles. The van der Waals surface area contributed by atoms with Gasteiger partial charge in [-0.3, -0.25) is 19.3 Å². The number of carbonyl (C=O) groups is 3. The molecule has 130 valence electrons. The van der Waals surface area contributed by atoms with Gasteiger partial charge in [-0.15, -0.1) is 22.7 Å². The summed E-state index contributed by atoms with van der Waals surface area (Å²) < 4.78 is 0. The molecular weight excluding hydrogens is 370 g/mol. The van der Waals surface area contributed by atoms with Crippen molar-refractivity contribution in [3.8, 4) is 10.6 Å². The first-order chi connectivity index (χ1) is 12.6. The predicted octanol–water partition coefficient (Wildman–Crippen LogP) is 3.49. The van der Waals surface area contributed by atoms with Crippen LogP contribution in [0.1, 0.15) is 27.6 Å². The Labute approximate surface area is 157 Å². The standard InChI is InChI=1S/C18H13N3O3S2/c1-10(21-16(23)11-5-2-3-6-12(11)17(21)24)15(22)20-18-19-13(9-26-18)14-7-4-8-25-14/h2-10H,1H3,(H,19,20,22)/t10-/m0/s1. The van der Waals surface area contributed by atoms with Crippen molar-refractivity contribution < 1.29 is 14.4 Å². The number of imide groups is 1. The van der Waals surface area contributed by atoms with Gasteiger partial charge in [0.25, 0.3) is 11.8 Å². The first-order valence-corrected chi connectivity index (χ1v) is 9.59. The third-order valence-electron chi connectivity index (χ3n) is 4.10. The molecule has 0 saturated carbocycles. The number of amides is 3. The Morgan fingerprint density at radius 1 is 1.08 bits per heavy atom. The number of aromatic nitrogens is 1. The number of benzene rings is 1. The molecule has 26 heavy (non-hydrogen) atoms. The van der Waals surface area contributed by atoms with Crippen molar-refractivity contribution in [3.63, 3.8) is 0 Å². The van der Waals surface area contributed by atoms with Crippen molar-refractivity contribution in [1.29, 1.82) is 0 Å². The minimum atomic E-state index is -0.934. The number of anilines is 1. The molecule has 6 nitrogen and oxygen atoms in total. The maximum Gasteiger partial charge on any atom is 0.262 e. The van der Waals surface area contributed by atoms with E-state index in [1.165, 1.54) is 18.3 Å². The maximum atomic E-state index is 12.5. The summed E-state index contributed by atoms with van der Waals surface area (Å²) >= 11 is 2.86. The molecule has 1 aliphatic rings. The molecule has 0 aliphatic carbocycles. The van der Waals surface area contributed by atoms with Gasteiger partial charge in [-0.25, -0.2) is 4.98 Å². The summed E-state index contributed by atoms with van der Waals surface area (Å²) in [6.07, 6.45) is 0. The van der Waals surface area contributed by atoms with E-state index in [9.17, 15) is 14.4 Å². The van der Waals surface area contributed by atoms with E-state index in [1.54, 1.807) is 35.6 Å². The topological polar surface area (TPSA) is 79.4 Å². The molecule has 0 bridgehead atoms. The monoisotopic (exact) mass is 383 g/mol. The highest BCUT2D eigenvalue weighted by Crippen LogP contribution is 2.29. The summed E-state index contributed by atoms with van der Waals surface area (Å²) in [6, 6.07) is 9.52. The number of thiazole rings is 1. The molecule has 0 saturated heterocycles. The molecule has 0 spiro atoms. The molecule has 4 rings (SSSR count). The Kier molecular flexibility index (Phi) is 4.14. The summed E-state index contributed by atoms with van der Waals surface area (Å²) in [6.45, 7) is 1.53. The fraction of sp³-hybridized carbons (Fsp3) is 0.111. The van der Waals surface area contributed by atoms with Crippen molar-refractivity contribution in [3.05, 3.63) is 58.3 Å². The normalized spacial score (nSPS) is 14.4. The number of hydrogen-bond acceptors (Lipinski definition) is 6. The lowest BCUT2D eigenvalue weighted by Gasteiger charge is -2.21. The fourth-order valence-electron chi connectivity index (χ4n) is 2.76. The lowest BCUT2D eigenvalue weighted by Crippen LogP contribution is -2.45. The van der Waals surface area contributed by atoms with Crippen molar-refractivity contribution in [2.24, 2.45) is 0 Å². The number of fused-ring (bicyclic) bond motifs is 1. The quantitative estimate of drug-likeness (QED) is 0.700. The zero-order valence-corrected chi connectivity index (χ0v) is 15.3. The van der Waals surface area contributed by atoms with Gasteiger partial charge >= 0.3 is 0 Å². The van der Waals surface area contributed by atoms with Gasteiger partial charge in [0.05, 0.1) is 21.7 Å². The average Bonchev–Trinajstić information content (AvgIpc) is 3.36. The van der Waals surface area contributed by atoms with E-state index in [0.717, 1.165) is 15.5 Å². The van der Waals surface area contributed by atoms with Crippen molar-refractivity contribution >= 4 is 45.5 Å². The van der Waals surface area contributed by atoms with Crippen LogP contribution in [-0.2, 0) is 4.79 Å². The van der Waals surface area contributed by atoms with E-state index < -0.39 is 23.8 Å². The van der Waals surface area contributed by atoms with Gasteiger partial charge in [-0.1, -0.05) is 18.2 Å². The summed E-state index contributed by atoms with van der Waals surface area (Å²) in [5, 5.41) is 6.94. The van der Waals surface area contributed by atoms with Crippen LogP contribution in [0.25, 0.3) is 10.6 Å². The third-order valence-corrected chi connectivity index (χ3v) is 5.75. The van der Waals surface area contributed by atoms with Crippen LogP contribution in [0.4, 0.5) is 5.13 Å². The second-order valence-electron chi connectivity index (χ2n) is 5.71. The SMILES string of the molecule is C[C@@H](C(=O)Nc1nc(-c2cccs2)cs1)N1C(=O)c2ccccc2C1=O. The molecule has 3 heterocycles. The molecule has 3 amide bonds. The van der Waals surface area contributed by atoms with Gasteiger partial charge in [-0.05, 0) is 30.5 Å². The average molecular weight is 383 g/mol. The third kappa shape index (κ3) is 2.73. The van der Waals surface area contributed by atoms with Crippen molar-refractivity contribution in [2.75, 3.05) is 5.32 Å². The van der Waals surface area contributed by atoms with E-state index in [0.29, 0.717) is 16.3 Å². The van der Waals surface area contributed by atoms with Gasteiger partial charge < -0.3 is 5.32 Å². The highest BCUT2D eigenvalue weighted by atomic mass is 32.1. The summed E-state index contributed by atoms with van der Waals surface area (Å²) in [5.41, 5.74) is 1.44. The molecular formula is C18H13N3O3S2. The molecule has 1 atom stereocenters.